The van der Waals surface area contributed by atoms with Crippen LogP contribution < -0.4 is 0 Å². The van der Waals surface area contributed by atoms with Gasteiger partial charge < -0.3 is 29.2 Å². The van der Waals surface area contributed by atoms with Crippen LogP contribution in [0.15, 0.2) is 60.7 Å². The third-order valence-electron chi connectivity index (χ3n) is 6.88. The molecule has 3 aliphatic rings. The second kappa shape index (κ2) is 9.59. The Hall–Kier alpha value is -1.80. The lowest BCUT2D eigenvalue weighted by atomic mass is 9.84. The predicted molar refractivity (Wildman–Crippen MR) is 118 cm³/mol. The molecule has 32 heavy (non-hydrogen) atoms. The average molecular weight is 441 g/mol. The van der Waals surface area contributed by atoms with Gasteiger partial charge in [-0.3, -0.25) is 0 Å². The van der Waals surface area contributed by atoms with Crippen LogP contribution in [-0.4, -0.2) is 52.6 Å². The van der Waals surface area contributed by atoms with Gasteiger partial charge in [0.1, 0.15) is 36.6 Å². The van der Waals surface area contributed by atoms with Crippen LogP contribution in [0.4, 0.5) is 0 Å². The molecule has 2 N–H and O–H groups in total. The number of ether oxygens (including phenoxy) is 4. The molecule has 1 aliphatic heterocycles. The maximum absolute atomic E-state index is 11.0. The van der Waals surface area contributed by atoms with Gasteiger partial charge in [0, 0.05) is 12.8 Å². The molecule has 3 fully saturated rings. The summed E-state index contributed by atoms with van der Waals surface area (Å²) >= 11 is 0. The third-order valence-corrected chi connectivity index (χ3v) is 6.88. The Morgan fingerprint density at radius 3 is 1.56 bits per heavy atom. The monoisotopic (exact) mass is 440 g/mol. The van der Waals surface area contributed by atoms with Crippen LogP contribution in [0.3, 0.4) is 0 Å². The van der Waals surface area contributed by atoms with Crippen molar-refractivity contribution in [3.63, 3.8) is 0 Å². The molecule has 1 heterocycles. The van der Waals surface area contributed by atoms with Gasteiger partial charge in [0.2, 0.25) is 0 Å². The molecule has 1 spiro atoms. The molecule has 1 saturated heterocycles. The van der Waals surface area contributed by atoms with Crippen LogP contribution in [0.5, 0.6) is 0 Å². The number of fused-ring (bicyclic) bond motifs is 1. The quantitative estimate of drug-likeness (QED) is 0.718. The fourth-order valence-corrected chi connectivity index (χ4v) is 5.19. The maximum Gasteiger partial charge on any atom is 0.169 e. The summed E-state index contributed by atoms with van der Waals surface area (Å²) in [6.07, 6.45) is 0.174. The van der Waals surface area contributed by atoms with Gasteiger partial charge >= 0.3 is 0 Å². The standard InChI is InChI=1S/C26H32O6/c27-20-21(28)23(30-17-19-12-6-2-7-13-19)25-24(31-26(32-25)14-8-3-9-15-26)22(20)29-16-18-10-4-1-5-11-18/h1-2,4-7,10-13,20-25,27-28H,3,8-9,14-17H2/t20-,21?,22?,23+,24?,25+/m0/s1. The number of hydrogen-bond donors (Lipinski definition) is 2. The summed E-state index contributed by atoms with van der Waals surface area (Å²) in [5, 5.41) is 22.1. The summed E-state index contributed by atoms with van der Waals surface area (Å²) < 4.78 is 25.3. The Morgan fingerprint density at radius 2 is 1.12 bits per heavy atom. The molecule has 3 unspecified atom stereocenters. The molecule has 2 aromatic rings. The van der Waals surface area contributed by atoms with E-state index in [1.807, 2.05) is 60.7 Å². The molecule has 2 saturated carbocycles. The molecule has 0 radical (unpaired) electrons. The van der Waals surface area contributed by atoms with Crippen LogP contribution in [0, 0.1) is 0 Å². The van der Waals surface area contributed by atoms with Gasteiger partial charge in [-0.1, -0.05) is 67.1 Å². The van der Waals surface area contributed by atoms with Gasteiger partial charge in [-0.25, -0.2) is 0 Å². The normalized spacial score (nSPS) is 33.8. The number of aliphatic hydroxyl groups excluding tert-OH is 2. The van der Waals surface area contributed by atoms with Crippen molar-refractivity contribution in [2.24, 2.45) is 0 Å². The largest absolute Gasteiger partial charge is 0.387 e. The van der Waals surface area contributed by atoms with E-state index in [0.29, 0.717) is 13.2 Å². The summed E-state index contributed by atoms with van der Waals surface area (Å²) in [4.78, 5) is 0. The zero-order valence-corrected chi connectivity index (χ0v) is 18.2. The van der Waals surface area contributed by atoms with Crippen molar-refractivity contribution in [3.05, 3.63) is 71.8 Å². The van der Waals surface area contributed by atoms with E-state index in [4.69, 9.17) is 18.9 Å². The molecule has 6 heteroatoms. The lowest BCUT2D eigenvalue weighted by Crippen LogP contribution is -2.63. The molecule has 6 nitrogen and oxygen atoms in total. The van der Waals surface area contributed by atoms with E-state index in [9.17, 15) is 10.2 Å². The van der Waals surface area contributed by atoms with E-state index < -0.39 is 42.4 Å². The summed E-state index contributed by atoms with van der Waals surface area (Å²) in [6, 6.07) is 19.6. The molecule has 5 rings (SSSR count). The topological polar surface area (TPSA) is 77.4 Å². The molecule has 2 aliphatic carbocycles. The van der Waals surface area contributed by atoms with E-state index in [1.54, 1.807) is 0 Å². The fraction of sp³-hybridized carbons (Fsp3) is 0.538. The highest BCUT2D eigenvalue weighted by atomic mass is 16.8. The zero-order chi connectivity index (χ0) is 22.0. The molecule has 0 amide bonds. The van der Waals surface area contributed by atoms with Crippen LogP contribution in [0.2, 0.25) is 0 Å². The number of benzene rings is 2. The smallest absolute Gasteiger partial charge is 0.169 e. The van der Waals surface area contributed by atoms with E-state index in [0.717, 1.165) is 43.2 Å². The minimum absolute atomic E-state index is 0.324. The number of hydrogen-bond acceptors (Lipinski definition) is 6. The predicted octanol–water partition coefficient (Wildman–Crippen LogP) is 3.34. The van der Waals surface area contributed by atoms with Crippen molar-refractivity contribution in [2.75, 3.05) is 0 Å². The third kappa shape index (κ3) is 4.49. The molecule has 172 valence electrons. The van der Waals surface area contributed by atoms with Crippen molar-refractivity contribution < 1.29 is 29.2 Å². The van der Waals surface area contributed by atoms with E-state index in [2.05, 4.69) is 0 Å². The van der Waals surface area contributed by atoms with Crippen LogP contribution in [0.25, 0.3) is 0 Å². The minimum Gasteiger partial charge on any atom is -0.387 e. The number of rotatable bonds is 6. The molecule has 0 aromatic heterocycles. The Bertz CT molecular complexity index is 788. The summed E-state index contributed by atoms with van der Waals surface area (Å²) in [5.74, 6) is -0.680. The Labute approximate surface area is 189 Å². The first-order valence-electron chi connectivity index (χ1n) is 11.7. The average Bonchev–Trinajstić information content (AvgIpc) is 3.19. The van der Waals surface area contributed by atoms with Crippen LogP contribution in [-0.2, 0) is 32.2 Å². The molecule has 0 bridgehead atoms. The highest BCUT2D eigenvalue weighted by molar-refractivity contribution is 5.15. The lowest BCUT2D eigenvalue weighted by Gasteiger charge is -2.43. The molecular formula is C26H32O6. The van der Waals surface area contributed by atoms with Crippen molar-refractivity contribution >= 4 is 0 Å². The van der Waals surface area contributed by atoms with Crippen molar-refractivity contribution in [2.45, 2.75) is 87.7 Å². The SMILES string of the molecule is OC1[C@H](O)C(OCc2ccccc2)C2OC3(CCCCC3)O[C@@H]2[C@@H]1OCc1ccccc1. The Balaban J connectivity index is 1.36. The van der Waals surface area contributed by atoms with Crippen LogP contribution >= 0.6 is 0 Å². The lowest BCUT2D eigenvalue weighted by molar-refractivity contribution is -0.223. The van der Waals surface area contributed by atoms with E-state index in [1.165, 1.54) is 0 Å². The van der Waals surface area contributed by atoms with Crippen molar-refractivity contribution in [3.8, 4) is 0 Å². The van der Waals surface area contributed by atoms with Gasteiger partial charge in [-0.2, -0.15) is 0 Å². The van der Waals surface area contributed by atoms with Crippen molar-refractivity contribution in [1.82, 2.24) is 0 Å². The second-order valence-corrected chi connectivity index (χ2v) is 9.14. The summed E-state index contributed by atoms with van der Waals surface area (Å²) in [7, 11) is 0. The summed E-state index contributed by atoms with van der Waals surface area (Å²) in [5.41, 5.74) is 2.00. The first-order chi connectivity index (χ1) is 15.7. The second-order valence-electron chi connectivity index (χ2n) is 9.14. The van der Waals surface area contributed by atoms with Crippen molar-refractivity contribution in [1.29, 1.82) is 0 Å². The van der Waals surface area contributed by atoms with Gasteiger partial charge in [0.15, 0.2) is 5.79 Å². The Kier molecular flexibility index (Phi) is 6.60. The van der Waals surface area contributed by atoms with E-state index >= 15 is 0 Å². The minimum atomic E-state index is -1.14. The maximum atomic E-state index is 11.0. The van der Waals surface area contributed by atoms with Crippen LogP contribution in [0.1, 0.15) is 43.2 Å². The van der Waals surface area contributed by atoms with E-state index in [-0.39, 0.29) is 0 Å². The van der Waals surface area contributed by atoms with Gasteiger partial charge in [-0.05, 0) is 24.0 Å². The highest BCUT2D eigenvalue weighted by Crippen LogP contribution is 2.46. The molecule has 2 aromatic carbocycles. The first-order valence-corrected chi connectivity index (χ1v) is 11.7. The van der Waals surface area contributed by atoms with Gasteiger partial charge in [0.05, 0.1) is 13.2 Å². The molecular weight excluding hydrogens is 408 g/mol. The van der Waals surface area contributed by atoms with Gasteiger partial charge in [-0.15, -0.1) is 0 Å². The number of aliphatic hydroxyl groups is 2. The Morgan fingerprint density at radius 1 is 0.688 bits per heavy atom. The highest BCUT2D eigenvalue weighted by Gasteiger charge is 2.61. The van der Waals surface area contributed by atoms with Gasteiger partial charge in [0.25, 0.3) is 0 Å². The first kappa shape index (κ1) is 22.0. The molecule has 6 atom stereocenters. The fourth-order valence-electron chi connectivity index (χ4n) is 5.19. The summed E-state index contributed by atoms with van der Waals surface area (Å²) in [6.45, 7) is 0.648. The zero-order valence-electron chi connectivity index (χ0n) is 18.2.